The van der Waals surface area contributed by atoms with Gasteiger partial charge >= 0.3 is 0 Å². The summed E-state index contributed by atoms with van der Waals surface area (Å²) >= 11 is 0. The molecule has 0 fully saturated rings. The number of rotatable bonds is 4. The van der Waals surface area contributed by atoms with Crippen LogP contribution in [0.4, 0.5) is 20.4 Å². The zero-order valence-electron chi connectivity index (χ0n) is 13.0. The first-order valence-electron chi connectivity index (χ1n) is 7.20. The maximum absolute atomic E-state index is 13.4. The van der Waals surface area contributed by atoms with Gasteiger partial charge in [-0.1, -0.05) is 6.07 Å². The number of H-pyrrole nitrogens is 1. The normalized spacial score (nSPS) is 12.2. The maximum Gasteiger partial charge on any atom is 0.164 e. The monoisotopic (exact) mass is 331 g/mol. The summed E-state index contributed by atoms with van der Waals surface area (Å²) in [5.74, 6) is -0.933. The van der Waals surface area contributed by atoms with Crippen LogP contribution >= 0.6 is 0 Å². The van der Waals surface area contributed by atoms with Crippen LogP contribution in [0.15, 0.2) is 30.3 Å². The molecule has 0 radical (unpaired) electrons. The van der Waals surface area contributed by atoms with Crippen molar-refractivity contribution in [1.29, 1.82) is 0 Å². The molecule has 3 rings (SSSR count). The number of nitrogens with one attached hydrogen (secondary N) is 2. The predicted octanol–water partition coefficient (Wildman–Crippen LogP) is 2.92. The van der Waals surface area contributed by atoms with Crippen LogP contribution in [0.2, 0.25) is 0 Å². The zero-order chi connectivity index (χ0) is 17.3. The van der Waals surface area contributed by atoms with Gasteiger partial charge in [-0.15, -0.1) is 0 Å². The van der Waals surface area contributed by atoms with Crippen LogP contribution in [0.5, 0.6) is 0 Å². The molecule has 1 unspecified atom stereocenters. The number of aromatic nitrogens is 4. The molecule has 2 heterocycles. The first-order valence-corrected chi connectivity index (χ1v) is 7.20. The Balaban J connectivity index is 1.91. The molecule has 0 aliphatic heterocycles. The summed E-state index contributed by atoms with van der Waals surface area (Å²) in [7, 11) is 0. The van der Waals surface area contributed by atoms with Gasteiger partial charge in [-0.25, -0.2) is 18.7 Å². The van der Waals surface area contributed by atoms with Crippen molar-refractivity contribution in [2.75, 3.05) is 5.32 Å². The van der Waals surface area contributed by atoms with Gasteiger partial charge in [0.05, 0.1) is 0 Å². The topological polar surface area (TPSA) is 86.7 Å². The number of aromatic amines is 1. The molecule has 0 spiro atoms. The van der Waals surface area contributed by atoms with E-state index in [1.807, 2.05) is 6.92 Å². The lowest BCUT2D eigenvalue weighted by molar-refractivity contribution is 0.209. The third kappa shape index (κ3) is 3.38. The van der Waals surface area contributed by atoms with Crippen LogP contribution in [0.25, 0.3) is 0 Å². The largest absolute Gasteiger partial charge is 0.380 e. The Labute approximate surface area is 136 Å². The highest BCUT2D eigenvalue weighted by atomic mass is 19.2. The fourth-order valence-electron chi connectivity index (χ4n) is 2.22. The second-order valence-electron chi connectivity index (χ2n) is 5.39. The van der Waals surface area contributed by atoms with Crippen molar-refractivity contribution >= 4 is 11.6 Å². The summed E-state index contributed by atoms with van der Waals surface area (Å²) in [4.78, 5) is 8.39. The second kappa shape index (κ2) is 6.32. The molecule has 1 atom stereocenters. The van der Waals surface area contributed by atoms with E-state index in [1.54, 1.807) is 19.1 Å². The predicted molar refractivity (Wildman–Crippen MR) is 83.8 cm³/mol. The molecule has 3 N–H and O–H groups in total. The molecule has 0 saturated heterocycles. The van der Waals surface area contributed by atoms with Gasteiger partial charge in [0.15, 0.2) is 23.3 Å². The van der Waals surface area contributed by atoms with Crippen molar-refractivity contribution in [3.8, 4) is 0 Å². The van der Waals surface area contributed by atoms with Gasteiger partial charge in [-0.05, 0) is 31.5 Å². The van der Waals surface area contributed by atoms with Gasteiger partial charge in [-0.3, -0.25) is 5.10 Å². The van der Waals surface area contributed by atoms with E-state index in [-0.39, 0.29) is 11.4 Å². The van der Waals surface area contributed by atoms with E-state index >= 15 is 0 Å². The zero-order valence-corrected chi connectivity index (χ0v) is 13.0. The van der Waals surface area contributed by atoms with Crippen molar-refractivity contribution in [2.24, 2.45) is 0 Å². The number of hydrogen-bond acceptors (Lipinski definition) is 5. The van der Waals surface area contributed by atoms with E-state index < -0.39 is 17.7 Å². The molecule has 2 aromatic heterocycles. The molecule has 0 aliphatic rings. The summed E-state index contributed by atoms with van der Waals surface area (Å²) in [6.07, 6.45) is -1.28. The molecular formula is C16H15F2N5O. The van der Waals surface area contributed by atoms with E-state index in [2.05, 4.69) is 25.5 Å². The maximum atomic E-state index is 13.4. The van der Waals surface area contributed by atoms with Crippen molar-refractivity contribution in [3.05, 3.63) is 64.7 Å². The minimum absolute atomic E-state index is 0.0794. The Hall–Kier alpha value is -2.87. The number of hydrogen-bond donors (Lipinski definition) is 3. The van der Waals surface area contributed by atoms with Crippen LogP contribution in [0.3, 0.4) is 0 Å². The fourth-order valence-corrected chi connectivity index (χ4v) is 2.22. The number of aliphatic hydroxyl groups is 1. The van der Waals surface area contributed by atoms with Gasteiger partial charge < -0.3 is 10.4 Å². The minimum atomic E-state index is -1.28. The molecule has 0 bridgehead atoms. The number of nitrogens with zero attached hydrogens (tertiary/aromatic N) is 3. The van der Waals surface area contributed by atoms with Crippen LogP contribution < -0.4 is 5.32 Å². The number of anilines is 2. The van der Waals surface area contributed by atoms with Crippen LogP contribution in [-0.4, -0.2) is 25.3 Å². The number of aliphatic hydroxyl groups excluding tert-OH is 1. The highest BCUT2D eigenvalue weighted by Crippen LogP contribution is 2.23. The van der Waals surface area contributed by atoms with E-state index in [0.717, 1.165) is 17.8 Å². The van der Waals surface area contributed by atoms with Crippen LogP contribution in [0.1, 0.15) is 28.9 Å². The summed E-state index contributed by atoms with van der Waals surface area (Å²) in [5, 5.41) is 20.2. The molecule has 0 amide bonds. The Morgan fingerprint density at radius 1 is 1.04 bits per heavy atom. The highest BCUT2D eigenvalue weighted by molar-refractivity contribution is 5.52. The molecule has 124 valence electrons. The summed E-state index contributed by atoms with van der Waals surface area (Å²) < 4.78 is 26.4. The number of aryl methyl sites for hydroxylation is 2. The van der Waals surface area contributed by atoms with E-state index in [4.69, 9.17) is 0 Å². The Morgan fingerprint density at radius 2 is 1.83 bits per heavy atom. The van der Waals surface area contributed by atoms with Gasteiger partial charge in [0.25, 0.3) is 0 Å². The first-order chi connectivity index (χ1) is 11.4. The number of halogens is 2. The summed E-state index contributed by atoms with van der Waals surface area (Å²) in [5.41, 5.74) is 1.66. The first kappa shape index (κ1) is 16.0. The lowest BCUT2D eigenvalue weighted by atomic mass is 10.1. The third-order valence-corrected chi connectivity index (χ3v) is 3.34. The third-order valence-electron chi connectivity index (χ3n) is 3.34. The standard InChI is InChI=1S/C16H15F2N5O/c1-8-5-13(20-14-6-9(2)22-23-14)21-16(19-8)15(24)10-3-4-11(17)12(18)7-10/h3-7,15,24H,1-2H3,(H2,19,20,21,22,23). The quantitative estimate of drug-likeness (QED) is 0.684. The Kier molecular flexibility index (Phi) is 4.22. The molecule has 0 aliphatic carbocycles. The average Bonchev–Trinajstić information content (AvgIpc) is 2.93. The van der Waals surface area contributed by atoms with Gasteiger partial charge in [0.1, 0.15) is 11.9 Å². The van der Waals surface area contributed by atoms with Gasteiger partial charge in [-0.2, -0.15) is 5.10 Å². The molecule has 1 aromatic carbocycles. The second-order valence-corrected chi connectivity index (χ2v) is 5.39. The average molecular weight is 331 g/mol. The molecule has 0 saturated carbocycles. The van der Waals surface area contributed by atoms with Crippen molar-refractivity contribution < 1.29 is 13.9 Å². The van der Waals surface area contributed by atoms with Crippen LogP contribution in [0, 0.1) is 25.5 Å². The fraction of sp³-hybridized carbons (Fsp3) is 0.188. The molecular weight excluding hydrogens is 316 g/mol. The minimum Gasteiger partial charge on any atom is -0.380 e. The van der Waals surface area contributed by atoms with Crippen molar-refractivity contribution in [2.45, 2.75) is 20.0 Å². The molecule has 8 heteroatoms. The van der Waals surface area contributed by atoms with E-state index in [9.17, 15) is 13.9 Å². The summed E-state index contributed by atoms with van der Waals surface area (Å²) in [6, 6.07) is 6.65. The number of benzene rings is 1. The van der Waals surface area contributed by atoms with Crippen LogP contribution in [-0.2, 0) is 0 Å². The summed E-state index contributed by atoms with van der Waals surface area (Å²) in [6.45, 7) is 3.60. The van der Waals surface area contributed by atoms with Gasteiger partial charge in [0.2, 0.25) is 0 Å². The smallest absolute Gasteiger partial charge is 0.164 e. The Morgan fingerprint density at radius 3 is 2.50 bits per heavy atom. The van der Waals surface area contributed by atoms with Gasteiger partial charge in [0, 0.05) is 23.5 Å². The van der Waals surface area contributed by atoms with E-state index in [0.29, 0.717) is 17.3 Å². The SMILES string of the molecule is Cc1cc(Nc2cc(C)[nH]n2)nc(C(O)c2ccc(F)c(F)c2)n1. The van der Waals surface area contributed by atoms with E-state index in [1.165, 1.54) is 6.07 Å². The Bertz CT molecular complexity index is 881. The molecule has 3 aromatic rings. The van der Waals surface area contributed by atoms with Crippen molar-refractivity contribution in [3.63, 3.8) is 0 Å². The lowest BCUT2D eigenvalue weighted by Gasteiger charge is -2.12. The van der Waals surface area contributed by atoms with Crippen molar-refractivity contribution in [1.82, 2.24) is 20.2 Å². The molecule has 6 nitrogen and oxygen atoms in total. The highest BCUT2D eigenvalue weighted by Gasteiger charge is 2.17. The lowest BCUT2D eigenvalue weighted by Crippen LogP contribution is -2.09. The molecule has 24 heavy (non-hydrogen) atoms.